The molecule has 19 heavy (non-hydrogen) atoms. The molecule has 4 heteroatoms. The Morgan fingerprint density at radius 1 is 1.05 bits per heavy atom. The minimum atomic E-state index is -0.873. The van der Waals surface area contributed by atoms with Crippen molar-refractivity contribution in [2.24, 2.45) is 11.8 Å². The van der Waals surface area contributed by atoms with Crippen molar-refractivity contribution in [2.45, 2.75) is 46.0 Å². The second kappa shape index (κ2) is 10.6. The standard InChI is InChI=1S/C15H26O4/c1-5-6-7-8-9-10-11-12(2)13(14(16)18-3)15(17)19-4/h10-13H,5-9H2,1-4H3/b11-10+. The highest BCUT2D eigenvalue weighted by Gasteiger charge is 2.32. The zero-order chi connectivity index (χ0) is 14.7. The van der Waals surface area contributed by atoms with Gasteiger partial charge in [0.2, 0.25) is 0 Å². The summed E-state index contributed by atoms with van der Waals surface area (Å²) in [6.07, 6.45) is 9.71. The molecule has 0 aliphatic carbocycles. The Labute approximate surface area is 116 Å². The summed E-state index contributed by atoms with van der Waals surface area (Å²) in [6, 6.07) is 0. The van der Waals surface area contributed by atoms with Crippen molar-refractivity contribution in [1.29, 1.82) is 0 Å². The predicted molar refractivity (Wildman–Crippen MR) is 74.6 cm³/mol. The van der Waals surface area contributed by atoms with Crippen molar-refractivity contribution < 1.29 is 19.1 Å². The van der Waals surface area contributed by atoms with Crippen LogP contribution in [-0.4, -0.2) is 26.2 Å². The van der Waals surface area contributed by atoms with E-state index in [1.807, 2.05) is 19.1 Å². The van der Waals surface area contributed by atoms with Crippen LogP contribution < -0.4 is 0 Å². The van der Waals surface area contributed by atoms with Crippen LogP contribution in [0.4, 0.5) is 0 Å². The van der Waals surface area contributed by atoms with Gasteiger partial charge in [0.05, 0.1) is 14.2 Å². The van der Waals surface area contributed by atoms with Crippen LogP contribution in [0, 0.1) is 11.8 Å². The molecule has 1 atom stereocenters. The highest BCUT2D eigenvalue weighted by molar-refractivity contribution is 5.95. The Bertz CT molecular complexity index is 281. The van der Waals surface area contributed by atoms with Crippen molar-refractivity contribution in [3.63, 3.8) is 0 Å². The van der Waals surface area contributed by atoms with Gasteiger partial charge in [-0.2, -0.15) is 0 Å². The minimum absolute atomic E-state index is 0.217. The Hall–Kier alpha value is -1.32. The molecule has 0 N–H and O–H groups in total. The summed E-state index contributed by atoms with van der Waals surface area (Å²) in [5, 5.41) is 0. The van der Waals surface area contributed by atoms with Gasteiger partial charge >= 0.3 is 11.9 Å². The van der Waals surface area contributed by atoms with Crippen molar-refractivity contribution in [3.8, 4) is 0 Å². The van der Waals surface area contributed by atoms with E-state index in [0.717, 1.165) is 12.8 Å². The summed E-state index contributed by atoms with van der Waals surface area (Å²) in [4.78, 5) is 23.1. The predicted octanol–water partition coefficient (Wildman–Crippen LogP) is 3.11. The molecule has 0 fully saturated rings. The molecule has 0 spiro atoms. The van der Waals surface area contributed by atoms with Crippen LogP contribution in [0.2, 0.25) is 0 Å². The van der Waals surface area contributed by atoms with Crippen LogP contribution in [-0.2, 0) is 19.1 Å². The largest absolute Gasteiger partial charge is 0.468 e. The molecule has 0 rings (SSSR count). The minimum Gasteiger partial charge on any atom is -0.468 e. The van der Waals surface area contributed by atoms with E-state index in [4.69, 9.17) is 0 Å². The van der Waals surface area contributed by atoms with Gasteiger partial charge in [-0.3, -0.25) is 9.59 Å². The van der Waals surface area contributed by atoms with Crippen molar-refractivity contribution >= 4 is 11.9 Å². The fourth-order valence-corrected chi connectivity index (χ4v) is 1.89. The highest BCUT2D eigenvalue weighted by atomic mass is 16.5. The average Bonchev–Trinajstić information content (AvgIpc) is 2.42. The van der Waals surface area contributed by atoms with Gasteiger partial charge in [-0.1, -0.05) is 45.3 Å². The molecule has 0 bridgehead atoms. The van der Waals surface area contributed by atoms with Crippen molar-refractivity contribution in [3.05, 3.63) is 12.2 Å². The second-order valence-electron chi connectivity index (χ2n) is 4.66. The van der Waals surface area contributed by atoms with E-state index >= 15 is 0 Å². The first-order valence-electron chi connectivity index (χ1n) is 6.90. The zero-order valence-electron chi connectivity index (χ0n) is 12.5. The Kier molecular flexibility index (Phi) is 9.85. The van der Waals surface area contributed by atoms with Crippen LogP contribution in [0.5, 0.6) is 0 Å². The lowest BCUT2D eigenvalue weighted by molar-refractivity contribution is -0.160. The topological polar surface area (TPSA) is 52.6 Å². The van der Waals surface area contributed by atoms with Crippen LogP contribution in [0.15, 0.2) is 12.2 Å². The Morgan fingerprint density at radius 3 is 2.11 bits per heavy atom. The first-order chi connectivity index (χ1) is 9.08. The van der Waals surface area contributed by atoms with E-state index < -0.39 is 17.9 Å². The lowest BCUT2D eigenvalue weighted by atomic mass is 9.93. The maximum Gasteiger partial charge on any atom is 0.320 e. The third-order valence-electron chi connectivity index (χ3n) is 3.10. The van der Waals surface area contributed by atoms with Crippen LogP contribution in [0.25, 0.3) is 0 Å². The second-order valence-corrected chi connectivity index (χ2v) is 4.66. The normalized spacial score (nSPS) is 12.7. The lowest BCUT2D eigenvalue weighted by Gasteiger charge is -2.16. The van der Waals surface area contributed by atoms with Gasteiger partial charge < -0.3 is 9.47 Å². The molecule has 0 aromatic carbocycles. The van der Waals surface area contributed by atoms with E-state index in [9.17, 15) is 9.59 Å². The Balaban J connectivity index is 4.31. The van der Waals surface area contributed by atoms with E-state index in [1.165, 1.54) is 33.5 Å². The summed E-state index contributed by atoms with van der Waals surface area (Å²) >= 11 is 0. The molecule has 0 saturated heterocycles. The highest BCUT2D eigenvalue weighted by Crippen LogP contribution is 2.17. The molecule has 0 aromatic rings. The molecule has 4 nitrogen and oxygen atoms in total. The summed E-state index contributed by atoms with van der Waals surface area (Å²) in [6.45, 7) is 4.00. The fraction of sp³-hybridized carbons (Fsp3) is 0.733. The molecule has 0 aromatic heterocycles. The van der Waals surface area contributed by atoms with Crippen molar-refractivity contribution in [1.82, 2.24) is 0 Å². The van der Waals surface area contributed by atoms with Gasteiger partial charge in [0.25, 0.3) is 0 Å². The van der Waals surface area contributed by atoms with Gasteiger partial charge in [-0.25, -0.2) is 0 Å². The molecule has 1 unspecified atom stereocenters. The number of methoxy groups -OCH3 is 2. The maximum absolute atomic E-state index is 11.6. The number of rotatable bonds is 9. The fourth-order valence-electron chi connectivity index (χ4n) is 1.89. The summed E-state index contributed by atoms with van der Waals surface area (Å²) < 4.78 is 9.28. The molecular weight excluding hydrogens is 244 g/mol. The molecule has 0 saturated carbocycles. The lowest BCUT2D eigenvalue weighted by Crippen LogP contribution is -2.31. The smallest absolute Gasteiger partial charge is 0.320 e. The monoisotopic (exact) mass is 270 g/mol. The van der Waals surface area contributed by atoms with E-state index in [-0.39, 0.29) is 5.92 Å². The number of carbonyl (C=O) groups is 2. The maximum atomic E-state index is 11.6. The van der Waals surface area contributed by atoms with Gasteiger partial charge in [0, 0.05) is 0 Å². The van der Waals surface area contributed by atoms with Gasteiger partial charge in [0.15, 0.2) is 5.92 Å². The number of esters is 2. The van der Waals surface area contributed by atoms with Crippen molar-refractivity contribution in [2.75, 3.05) is 14.2 Å². The van der Waals surface area contributed by atoms with E-state index in [0.29, 0.717) is 0 Å². The molecule has 0 aliphatic rings. The molecule has 0 amide bonds. The quantitative estimate of drug-likeness (QED) is 0.279. The first kappa shape index (κ1) is 17.7. The van der Waals surface area contributed by atoms with Crippen LogP contribution in [0.1, 0.15) is 46.0 Å². The zero-order valence-corrected chi connectivity index (χ0v) is 12.5. The number of hydrogen-bond donors (Lipinski definition) is 0. The SMILES string of the molecule is CCCCCC/C=C/C(C)C(C(=O)OC)C(=O)OC. The average molecular weight is 270 g/mol. The number of hydrogen-bond acceptors (Lipinski definition) is 4. The van der Waals surface area contributed by atoms with E-state index in [2.05, 4.69) is 16.4 Å². The third-order valence-corrected chi connectivity index (χ3v) is 3.10. The summed E-state index contributed by atoms with van der Waals surface area (Å²) in [5.41, 5.74) is 0. The molecule has 0 aliphatic heterocycles. The van der Waals surface area contributed by atoms with Gasteiger partial charge in [-0.05, 0) is 18.8 Å². The van der Waals surface area contributed by atoms with Crippen LogP contribution >= 0.6 is 0 Å². The number of allylic oxidation sites excluding steroid dienone is 2. The summed E-state index contributed by atoms with van der Waals surface area (Å²) in [7, 11) is 2.55. The molecular formula is C15H26O4. The van der Waals surface area contributed by atoms with E-state index in [1.54, 1.807) is 0 Å². The molecule has 110 valence electrons. The van der Waals surface area contributed by atoms with Gasteiger partial charge in [0.1, 0.15) is 0 Å². The number of ether oxygens (including phenoxy) is 2. The number of carbonyl (C=O) groups excluding carboxylic acids is 2. The first-order valence-corrected chi connectivity index (χ1v) is 6.90. The molecule has 0 heterocycles. The number of unbranched alkanes of at least 4 members (excludes halogenated alkanes) is 4. The summed E-state index contributed by atoms with van der Waals surface area (Å²) in [5.74, 6) is -2.18. The third kappa shape index (κ3) is 6.99. The van der Waals surface area contributed by atoms with Gasteiger partial charge in [-0.15, -0.1) is 0 Å². The van der Waals surface area contributed by atoms with Crippen LogP contribution in [0.3, 0.4) is 0 Å². The molecule has 0 radical (unpaired) electrons. The Morgan fingerprint density at radius 2 is 1.63 bits per heavy atom.